The number of hydrogen-bond donors (Lipinski definition) is 0. The van der Waals surface area contributed by atoms with Crippen molar-refractivity contribution in [1.82, 2.24) is 4.98 Å². The van der Waals surface area contributed by atoms with E-state index in [1.807, 2.05) is 0 Å². The Morgan fingerprint density at radius 1 is 0.783 bits per heavy atom. The molecule has 124 valence electrons. The Kier molecular flexibility index (Phi) is 4.76. The molecule has 0 fully saturated rings. The summed E-state index contributed by atoms with van der Waals surface area (Å²) in [6.07, 6.45) is -9.90. The number of aromatic nitrogens is 1. The molecule has 0 unspecified atom stereocenters. The molecule has 0 aliphatic carbocycles. The Bertz CT molecular complexity index is 755. The topological polar surface area (TPSA) is 12.9 Å². The van der Waals surface area contributed by atoms with E-state index in [-0.39, 0.29) is 16.1 Å². The predicted molar refractivity (Wildman–Crippen MR) is 74.7 cm³/mol. The summed E-state index contributed by atoms with van der Waals surface area (Å²) in [6, 6.07) is 2.39. The smallest absolute Gasteiger partial charge is 0.256 e. The van der Waals surface area contributed by atoms with E-state index >= 15 is 0 Å². The van der Waals surface area contributed by atoms with Crippen LogP contribution in [0.25, 0.3) is 11.3 Å². The van der Waals surface area contributed by atoms with E-state index in [4.69, 9.17) is 34.8 Å². The largest absolute Gasteiger partial charge is 0.419 e. The van der Waals surface area contributed by atoms with Crippen molar-refractivity contribution in [2.45, 2.75) is 12.4 Å². The zero-order chi connectivity index (χ0) is 17.6. The van der Waals surface area contributed by atoms with Gasteiger partial charge in [-0.25, -0.2) is 0 Å². The minimum absolute atomic E-state index is 0.0547. The van der Waals surface area contributed by atoms with E-state index in [9.17, 15) is 26.3 Å². The van der Waals surface area contributed by atoms with E-state index in [1.165, 1.54) is 0 Å². The molecule has 0 saturated heterocycles. The molecule has 1 aromatic heterocycles. The van der Waals surface area contributed by atoms with Crippen LogP contribution in [0.4, 0.5) is 26.3 Å². The highest BCUT2D eigenvalue weighted by Gasteiger charge is 2.45. The fraction of sp³-hybridized carbons (Fsp3) is 0.154. The summed E-state index contributed by atoms with van der Waals surface area (Å²) in [5.41, 5.74) is -5.18. The molecule has 0 spiro atoms. The summed E-state index contributed by atoms with van der Waals surface area (Å²) < 4.78 is 78.3. The highest BCUT2D eigenvalue weighted by atomic mass is 35.5. The first-order chi connectivity index (χ1) is 10.4. The van der Waals surface area contributed by atoms with Gasteiger partial charge in [-0.1, -0.05) is 34.8 Å². The second-order valence-electron chi connectivity index (χ2n) is 4.30. The Morgan fingerprint density at radius 2 is 1.39 bits per heavy atom. The fourth-order valence-electron chi connectivity index (χ4n) is 1.90. The van der Waals surface area contributed by atoms with Crippen molar-refractivity contribution in [1.29, 1.82) is 0 Å². The average molecular weight is 395 g/mol. The lowest BCUT2D eigenvalue weighted by molar-refractivity contribution is -0.161. The maximum Gasteiger partial charge on any atom is 0.419 e. The molecule has 2 aromatic rings. The van der Waals surface area contributed by atoms with Gasteiger partial charge in [-0.15, -0.1) is 0 Å². The molecule has 2 rings (SSSR count). The van der Waals surface area contributed by atoms with Crippen LogP contribution in [-0.2, 0) is 12.4 Å². The molecular formula is C13H4Cl3F6N. The Labute approximate surface area is 140 Å². The van der Waals surface area contributed by atoms with Crippen LogP contribution in [0.3, 0.4) is 0 Å². The summed E-state index contributed by atoms with van der Waals surface area (Å²) in [4.78, 5) is 3.42. The van der Waals surface area contributed by atoms with Gasteiger partial charge in [0.25, 0.3) is 0 Å². The maximum atomic E-state index is 13.2. The molecule has 0 saturated carbocycles. The van der Waals surface area contributed by atoms with E-state index in [0.29, 0.717) is 6.20 Å². The Hall–Kier alpha value is -1.18. The molecule has 1 nitrogen and oxygen atoms in total. The highest BCUT2D eigenvalue weighted by Crippen LogP contribution is 2.46. The third kappa shape index (κ3) is 3.51. The minimum Gasteiger partial charge on any atom is -0.256 e. The van der Waals surface area contributed by atoms with Crippen molar-refractivity contribution in [3.63, 3.8) is 0 Å². The first-order valence-electron chi connectivity index (χ1n) is 5.72. The van der Waals surface area contributed by atoms with Crippen LogP contribution in [0.1, 0.15) is 11.1 Å². The highest BCUT2D eigenvalue weighted by molar-refractivity contribution is 6.49. The third-order valence-corrected chi connectivity index (χ3v) is 4.12. The van der Waals surface area contributed by atoms with E-state index in [2.05, 4.69) is 4.98 Å². The number of alkyl halides is 6. The Morgan fingerprint density at radius 3 is 1.91 bits per heavy atom. The van der Waals surface area contributed by atoms with Crippen LogP contribution in [-0.4, -0.2) is 4.98 Å². The van der Waals surface area contributed by atoms with Crippen molar-refractivity contribution in [3.05, 3.63) is 50.6 Å². The van der Waals surface area contributed by atoms with Gasteiger partial charge in [0.2, 0.25) is 0 Å². The van der Waals surface area contributed by atoms with Gasteiger partial charge in [-0.2, -0.15) is 26.3 Å². The molecule has 0 aliphatic rings. The maximum absolute atomic E-state index is 13.2. The molecule has 0 bridgehead atoms. The Balaban J connectivity index is 2.87. The number of rotatable bonds is 1. The van der Waals surface area contributed by atoms with Crippen LogP contribution >= 0.6 is 34.8 Å². The third-order valence-electron chi connectivity index (χ3n) is 2.83. The zero-order valence-corrected chi connectivity index (χ0v) is 12.9. The van der Waals surface area contributed by atoms with Gasteiger partial charge in [-0.3, -0.25) is 4.98 Å². The quantitative estimate of drug-likeness (QED) is 0.385. The van der Waals surface area contributed by atoms with Gasteiger partial charge >= 0.3 is 12.4 Å². The van der Waals surface area contributed by atoms with Gasteiger partial charge in [0.15, 0.2) is 0 Å². The van der Waals surface area contributed by atoms with Gasteiger partial charge < -0.3 is 0 Å². The second kappa shape index (κ2) is 6.03. The average Bonchev–Trinajstić information content (AvgIpc) is 2.42. The normalized spacial score (nSPS) is 12.6. The van der Waals surface area contributed by atoms with E-state index in [0.717, 1.165) is 12.1 Å². The summed E-state index contributed by atoms with van der Waals surface area (Å²) >= 11 is 17.2. The molecule has 0 radical (unpaired) electrons. The van der Waals surface area contributed by atoms with Crippen LogP contribution in [0.5, 0.6) is 0 Å². The number of nitrogens with zero attached hydrogens (tertiary/aromatic N) is 1. The molecule has 23 heavy (non-hydrogen) atoms. The van der Waals surface area contributed by atoms with Crippen LogP contribution in [0.2, 0.25) is 15.1 Å². The molecule has 0 N–H and O–H groups in total. The fourth-order valence-corrected chi connectivity index (χ4v) is 2.52. The monoisotopic (exact) mass is 393 g/mol. The first-order valence-corrected chi connectivity index (χ1v) is 6.85. The van der Waals surface area contributed by atoms with Gasteiger partial charge in [0.1, 0.15) is 0 Å². The van der Waals surface area contributed by atoms with Crippen molar-refractivity contribution in [3.8, 4) is 11.3 Å². The molecule has 1 aromatic carbocycles. The zero-order valence-electron chi connectivity index (χ0n) is 10.7. The van der Waals surface area contributed by atoms with Crippen LogP contribution < -0.4 is 0 Å². The SMILES string of the molecule is FC(F)(F)c1ccnc(-c2ccc(Cl)c(Cl)c2Cl)c1C(F)(F)F. The minimum atomic E-state index is -5.30. The number of pyridine rings is 1. The van der Waals surface area contributed by atoms with Gasteiger partial charge in [0, 0.05) is 11.8 Å². The van der Waals surface area contributed by atoms with Crippen LogP contribution in [0.15, 0.2) is 24.4 Å². The van der Waals surface area contributed by atoms with Gasteiger partial charge in [-0.05, 0) is 18.2 Å². The van der Waals surface area contributed by atoms with Gasteiger partial charge in [0.05, 0.1) is 31.9 Å². The number of benzene rings is 1. The lowest BCUT2D eigenvalue weighted by atomic mass is 10.00. The second-order valence-corrected chi connectivity index (χ2v) is 5.46. The summed E-state index contributed by atoms with van der Waals surface area (Å²) in [7, 11) is 0. The lowest BCUT2D eigenvalue weighted by Gasteiger charge is -2.19. The molecule has 1 heterocycles. The molecule has 0 atom stereocenters. The predicted octanol–water partition coefficient (Wildman–Crippen LogP) is 6.75. The number of hydrogen-bond acceptors (Lipinski definition) is 1. The van der Waals surface area contributed by atoms with Crippen molar-refractivity contribution in [2.75, 3.05) is 0 Å². The summed E-state index contributed by atoms with van der Waals surface area (Å²) in [6.45, 7) is 0. The first kappa shape index (κ1) is 18.2. The molecular weight excluding hydrogens is 390 g/mol. The van der Waals surface area contributed by atoms with Crippen molar-refractivity contribution in [2.24, 2.45) is 0 Å². The summed E-state index contributed by atoms with van der Waals surface area (Å²) in [5.74, 6) is 0. The van der Waals surface area contributed by atoms with E-state index in [1.54, 1.807) is 0 Å². The van der Waals surface area contributed by atoms with Crippen molar-refractivity contribution < 1.29 is 26.3 Å². The van der Waals surface area contributed by atoms with E-state index < -0.39 is 39.8 Å². The number of halogens is 9. The molecule has 0 amide bonds. The summed E-state index contributed by atoms with van der Waals surface area (Å²) in [5, 5.41) is -0.754. The van der Waals surface area contributed by atoms with Crippen molar-refractivity contribution >= 4 is 34.8 Å². The molecule has 0 aliphatic heterocycles. The van der Waals surface area contributed by atoms with Crippen LogP contribution in [0, 0.1) is 0 Å². The molecule has 10 heteroatoms. The lowest BCUT2D eigenvalue weighted by Crippen LogP contribution is -2.18. The standard InChI is InChI=1S/C13H4Cl3F6N/c14-7-2-1-5(9(15)10(7)16)11-8(13(20,21)22)6(3-4-23-11)12(17,18)19/h1-4H.